The molecule has 1 aromatic carbocycles. The number of benzene rings is 1. The van der Waals surface area contributed by atoms with Crippen LogP contribution in [-0.2, 0) is 16.6 Å². The Kier molecular flexibility index (Phi) is 6.08. The normalized spacial score (nSPS) is 17.6. The first kappa shape index (κ1) is 19.0. The molecule has 1 unspecified atom stereocenters. The van der Waals surface area contributed by atoms with Gasteiger partial charge in [0, 0.05) is 30.1 Å². The van der Waals surface area contributed by atoms with Crippen molar-refractivity contribution in [1.29, 1.82) is 0 Å². The smallest absolute Gasteiger partial charge is 0.253 e. The van der Waals surface area contributed by atoms with Crippen molar-refractivity contribution in [3.63, 3.8) is 0 Å². The number of hydrogen-bond donors (Lipinski definition) is 2. The average molecular weight is 394 g/mol. The molecule has 2 N–H and O–H groups in total. The van der Waals surface area contributed by atoms with Crippen LogP contribution < -0.4 is 10.0 Å². The quantitative estimate of drug-likeness (QED) is 0.753. The fourth-order valence-electron chi connectivity index (χ4n) is 3.11. The van der Waals surface area contributed by atoms with Crippen LogP contribution in [0.4, 0.5) is 0 Å². The summed E-state index contributed by atoms with van der Waals surface area (Å²) in [5, 5.41) is 5.04. The standard InChI is InChI=1S/C18H23N3O3S2/c1-19-11-14-7-8-21(13-14)18(22)15-4-2-6-17(10-15)26(23,24)20-12-16-5-3-9-25-16/h2-6,9-10,14,19-20H,7-8,11-13H2,1H3. The number of thiophene rings is 1. The Morgan fingerprint density at radius 3 is 2.88 bits per heavy atom. The van der Waals surface area contributed by atoms with Gasteiger partial charge < -0.3 is 10.2 Å². The molecule has 1 amide bonds. The summed E-state index contributed by atoms with van der Waals surface area (Å²) in [7, 11) is -1.75. The zero-order valence-electron chi connectivity index (χ0n) is 14.6. The summed E-state index contributed by atoms with van der Waals surface area (Å²) in [5.74, 6) is 0.335. The molecule has 1 aromatic heterocycles. The molecule has 0 saturated carbocycles. The third-order valence-electron chi connectivity index (χ3n) is 4.47. The largest absolute Gasteiger partial charge is 0.338 e. The second-order valence-electron chi connectivity index (χ2n) is 6.40. The molecule has 140 valence electrons. The molecule has 0 spiro atoms. The maximum absolute atomic E-state index is 12.7. The topological polar surface area (TPSA) is 78.5 Å². The molecular weight excluding hydrogens is 370 g/mol. The molecule has 1 fully saturated rings. The lowest BCUT2D eigenvalue weighted by Gasteiger charge is -2.17. The van der Waals surface area contributed by atoms with Gasteiger partial charge in [-0.2, -0.15) is 0 Å². The Balaban J connectivity index is 1.70. The molecule has 8 heteroatoms. The highest BCUT2D eigenvalue weighted by molar-refractivity contribution is 7.89. The minimum Gasteiger partial charge on any atom is -0.338 e. The summed E-state index contributed by atoms with van der Waals surface area (Å²) >= 11 is 1.49. The highest BCUT2D eigenvalue weighted by Gasteiger charge is 2.27. The van der Waals surface area contributed by atoms with E-state index < -0.39 is 10.0 Å². The lowest BCUT2D eigenvalue weighted by Crippen LogP contribution is -2.30. The van der Waals surface area contributed by atoms with E-state index in [4.69, 9.17) is 0 Å². The van der Waals surface area contributed by atoms with Gasteiger partial charge in [0.2, 0.25) is 10.0 Å². The highest BCUT2D eigenvalue weighted by atomic mass is 32.2. The van der Waals surface area contributed by atoms with Crippen LogP contribution in [0.3, 0.4) is 0 Å². The van der Waals surface area contributed by atoms with Crippen molar-refractivity contribution < 1.29 is 13.2 Å². The van der Waals surface area contributed by atoms with Gasteiger partial charge in [-0.15, -0.1) is 11.3 Å². The Hall–Kier alpha value is -1.74. The van der Waals surface area contributed by atoms with Crippen LogP contribution in [0.1, 0.15) is 21.7 Å². The molecule has 6 nitrogen and oxygen atoms in total. The molecular formula is C18H23N3O3S2. The number of carbonyl (C=O) groups excluding carboxylic acids is 1. The van der Waals surface area contributed by atoms with E-state index in [-0.39, 0.29) is 17.3 Å². The van der Waals surface area contributed by atoms with Crippen molar-refractivity contribution in [3.8, 4) is 0 Å². The van der Waals surface area contributed by atoms with E-state index in [0.717, 1.165) is 17.8 Å². The molecule has 2 heterocycles. The summed E-state index contributed by atoms with van der Waals surface area (Å²) in [5.41, 5.74) is 0.411. The zero-order valence-corrected chi connectivity index (χ0v) is 16.3. The van der Waals surface area contributed by atoms with Crippen LogP contribution >= 0.6 is 11.3 Å². The predicted octanol–water partition coefficient (Wildman–Crippen LogP) is 1.91. The molecule has 0 bridgehead atoms. The minimum atomic E-state index is -3.66. The van der Waals surface area contributed by atoms with Crippen LogP contribution in [0, 0.1) is 5.92 Å². The van der Waals surface area contributed by atoms with Crippen LogP contribution in [0.25, 0.3) is 0 Å². The first-order valence-corrected chi connectivity index (χ1v) is 10.9. The van der Waals surface area contributed by atoms with Gasteiger partial charge in [0.05, 0.1) is 4.90 Å². The summed E-state index contributed by atoms with van der Waals surface area (Å²) in [6, 6.07) is 10.0. The number of likely N-dealkylation sites (tertiary alicyclic amines) is 1. The summed E-state index contributed by atoms with van der Waals surface area (Å²) in [6.07, 6.45) is 0.965. The molecule has 0 radical (unpaired) electrons. The Morgan fingerprint density at radius 1 is 1.31 bits per heavy atom. The van der Waals surface area contributed by atoms with E-state index in [1.165, 1.54) is 23.5 Å². The number of sulfonamides is 1. The lowest BCUT2D eigenvalue weighted by molar-refractivity contribution is 0.0787. The van der Waals surface area contributed by atoms with E-state index in [1.54, 1.807) is 17.0 Å². The summed E-state index contributed by atoms with van der Waals surface area (Å²) in [6.45, 7) is 2.53. The van der Waals surface area contributed by atoms with E-state index in [9.17, 15) is 13.2 Å². The fourth-order valence-corrected chi connectivity index (χ4v) is 4.90. The van der Waals surface area contributed by atoms with Crippen molar-refractivity contribution in [3.05, 3.63) is 52.2 Å². The predicted molar refractivity (Wildman–Crippen MR) is 103 cm³/mol. The SMILES string of the molecule is CNCC1CCN(C(=O)c2cccc(S(=O)(=O)NCc3cccs3)c2)C1. The molecule has 1 atom stereocenters. The fraction of sp³-hybridized carbons (Fsp3) is 0.389. The van der Waals surface area contributed by atoms with Crippen molar-refractivity contribution in [2.45, 2.75) is 17.9 Å². The summed E-state index contributed by atoms with van der Waals surface area (Å²) < 4.78 is 27.6. The number of amides is 1. The van der Waals surface area contributed by atoms with Gasteiger partial charge in [0.15, 0.2) is 0 Å². The van der Waals surface area contributed by atoms with Crippen LogP contribution in [-0.4, -0.2) is 45.9 Å². The van der Waals surface area contributed by atoms with E-state index in [1.807, 2.05) is 24.6 Å². The first-order chi connectivity index (χ1) is 12.5. The van der Waals surface area contributed by atoms with Crippen molar-refractivity contribution in [1.82, 2.24) is 14.9 Å². The van der Waals surface area contributed by atoms with Gasteiger partial charge in [0.25, 0.3) is 5.91 Å². The molecule has 0 aliphatic carbocycles. The molecule has 2 aromatic rings. The number of nitrogens with one attached hydrogen (secondary N) is 2. The lowest BCUT2D eigenvalue weighted by atomic mass is 10.1. The number of hydrogen-bond acceptors (Lipinski definition) is 5. The number of rotatable bonds is 7. The van der Waals surface area contributed by atoms with Crippen molar-refractivity contribution in [2.75, 3.05) is 26.7 Å². The van der Waals surface area contributed by atoms with Gasteiger partial charge in [-0.3, -0.25) is 4.79 Å². The minimum absolute atomic E-state index is 0.112. The van der Waals surface area contributed by atoms with E-state index >= 15 is 0 Å². The second-order valence-corrected chi connectivity index (χ2v) is 9.19. The third-order valence-corrected chi connectivity index (χ3v) is 6.75. The third kappa shape index (κ3) is 4.50. The highest BCUT2D eigenvalue weighted by Crippen LogP contribution is 2.20. The molecule has 1 aliphatic heterocycles. The average Bonchev–Trinajstić information content (AvgIpc) is 3.32. The molecule has 26 heavy (non-hydrogen) atoms. The van der Waals surface area contributed by atoms with Gasteiger partial charge >= 0.3 is 0 Å². The Morgan fingerprint density at radius 2 is 2.15 bits per heavy atom. The maximum atomic E-state index is 12.7. The van der Waals surface area contributed by atoms with Gasteiger partial charge in [-0.25, -0.2) is 13.1 Å². The monoisotopic (exact) mass is 393 g/mol. The Bertz CT molecular complexity index is 850. The molecule has 1 aliphatic rings. The van der Waals surface area contributed by atoms with Crippen molar-refractivity contribution >= 4 is 27.3 Å². The first-order valence-electron chi connectivity index (χ1n) is 8.55. The molecule has 1 saturated heterocycles. The van der Waals surface area contributed by atoms with E-state index in [0.29, 0.717) is 24.6 Å². The maximum Gasteiger partial charge on any atom is 0.253 e. The zero-order chi connectivity index (χ0) is 18.6. The number of carbonyl (C=O) groups is 1. The molecule has 3 rings (SSSR count). The number of nitrogens with zero attached hydrogens (tertiary/aromatic N) is 1. The van der Waals surface area contributed by atoms with Crippen LogP contribution in [0.15, 0.2) is 46.7 Å². The van der Waals surface area contributed by atoms with Crippen molar-refractivity contribution in [2.24, 2.45) is 5.92 Å². The Labute approximate surface area is 158 Å². The van der Waals surface area contributed by atoms with Crippen LogP contribution in [0.2, 0.25) is 0 Å². The second kappa shape index (κ2) is 8.30. The van der Waals surface area contributed by atoms with Crippen LogP contribution in [0.5, 0.6) is 0 Å². The van der Waals surface area contributed by atoms with E-state index in [2.05, 4.69) is 10.0 Å². The van der Waals surface area contributed by atoms with Gasteiger partial charge in [-0.05, 0) is 55.6 Å². The summed E-state index contributed by atoms with van der Waals surface area (Å²) in [4.78, 5) is 15.6. The van der Waals surface area contributed by atoms with Gasteiger partial charge in [-0.1, -0.05) is 12.1 Å². The van der Waals surface area contributed by atoms with Gasteiger partial charge in [0.1, 0.15) is 0 Å².